The maximum absolute atomic E-state index is 12.5. The fourth-order valence-corrected chi connectivity index (χ4v) is 8.73. The van der Waals surface area contributed by atoms with Crippen molar-refractivity contribution in [1.82, 2.24) is 48.2 Å². The second-order valence-electron chi connectivity index (χ2n) is 19.0. The van der Waals surface area contributed by atoms with Crippen LogP contribution in [0.2, 0.25) is 0 Å². The van der Waals surface area contributed by atoms with Crippen LogP contribution in [-0.2, 0) is 30.1 Å². The van der Waals surface area contributed by atoms with Crippen molar-refractivity contribution >= 4 is 45.4 Å². The molecular weight excluding hydrogens is 947 g/mol. The standard InChI is InChI=1S/C19H24N4O3.C19H23N3O3.C16H18N4O3/c1-11(2)23-10-13(9-15(23)19(24)26-12(3)4)17-16-14(22(5)21-17)7-8-20-18(16)25-6;1-11(2)22-10-14(8-15(22)19(23)25-12(3)4)17-16-13(9-21-17)6-7-20-18(16)24-5;1-9(2)20-8-10(7-12(20)16(21)22)14-13-11(19(3)18-14)5-6-17-15(13)23-4/h7-12H,1-6H3;6-8,10-12H,9H2,1-5H3;5-9H,1-4H3,(H,21,22). The van der Waals surface area contributed by atoms with Crippen LogP contribution in [0.25, 0.3) is 44.3 Å². The van der Waals surface area contributed by atoms with Crippen LogP contribution in [0.5, 0.6) is 17.6 Å². The highest BCUT2D eigenvalue weighted by molar-refractivity contribution is 6.17. The van der Waals surface area contributed by atoms with Gasteiger partial charge in [0.25, 0.3) is 0 Å². The molecule has 0 unspecified atom stereocenters. The number of hydrogen-bond donors (Lipinski definition) is 1. The van der Waals surface area contributed by atoms with Gasteiger partial charge in [0.05, 0.1) is 73.2 Å². The third kappa shape index (κ3) is 10.7. The van der Waals surface area contributed by atoms with E-state index in [0.29, 0.717) is 41.3 Å². The Bertz CT molecular complexity index is 3380. The van der Waals surface area contributed by atoms with Crippen molar-refractivity contribution in [3.05, 3.63) is 107 Å². The van der Waals surface area contributed by atoms with Crippen molar-refractivity contribution in [2.75, 3.05) is 21.3 Å². The van der Waals surface area contributed by atoms with Crippen molar-refractivity contribution < 1.29 is 43.2 Å². The van der Waals surface area contributed by atoms with E-state index in [-0.39, 0.29) is 48.0 Å². The van der Waals surface area contributed by atoms with Gasteiger partial charge in [-0.25, -0.2) is 29.3 Å². The van der Waals surface area contributed by atoms with Crippen LogP contribution < -0.4 is 14.2 Å². The summed E-state index contributed by atoms with van der Waals surface area (Å²) in [7, 11) is 8.45. The molecule has 9 heterocycles. The number of methoxy groups -OCH3 is 3. The monoisotopic (exact) mass is 1010 g/mol. The summed E-state index contributed by atoms with van der Waals surface area (Å²) in [5, 5.41) is 20.2. The molecule has 0 saturated heterocycles. The largest absolute Gasteiger partial charge is 0.480 e. The van der Waals surface area contributed by atoms with Crippen LogP contribution in [0.15, 0.2) is 78.6 Å². The zero-order valence-corrected chi connectivity index (χ0v) is 44.7. The molecule has 20 heteroatoms. The number of carboxylic acid groups (broad SMARTS) is 1. The summed E-state index contributed by atoms with van der Waals surface area (Å²) in [6.07, 6.45) is 10.4. The highest BCUT2D eigenvalue weighted by Crippen LogP contribution is 2.37. The molecule has 9 rings (SSSR count). The van der Waals surface area contributed by atoms with E-state index in [9.17, 15) is 19.5 Å². The summed E-state index contributed by atoms with van der Waals surface area (Å²) >= 11 is 0. The van der Waals surface area contributed by atoms with E-state index in [1.165, 1.54) is 0 Å². The Morgan fingerprint density at radius 2 is 0.946 bits per heavy atom. The first-order valence-electron chi connectivity index (χ1n) is 24.3. The second-order valence-corrected chi connectivity index (χ2v) is 19.0. The summed E-state index contributed by atoms with van der Waals surface area (Å²) in [5.41, 5.74) is 9.64. The minimum absolute atomic E-state index is 0.0323. The van der Waals surface area contributed by atoms with Gasteiger partial charge in [-0.15, -0.1) is 0 Å². The highest BCUT2D eigenvalue weighted by atomic mass is 16.5. The van der Waals surface area contributed by atoms with Crippen molar-refractivity contribution in [2.24, 2.45) is 19.1 Å². The first-order chi connectivity index (χ1) is 35.2. The lowest BCUT2D eigenvalue weighted by Crippen LogP contribution is -2.16. The van der Waals surface area contributed by atoms with Crippen molar-refractivity contribution in [3.63, 3.8) is 0 Å². The molecule has 0 aromatic carbocycles. The number of aromatic carboxylic acids is 1. The van der Waals surface area contributed by atoms with Gasteiger partial charge >= 0.3 is 17.9 Å². The Hall–Kier alpha value is -8.29. The van der Waals surface area contributed by atoms with Crippen molar-refractivity contribution in [1.29, 1.82) is 0 Å². The van der Waals surface area contributed by atoms with Crippen LogP contribution in [-0.4, -0.2) is 110 Å². The van der Waals surface area contributed by atoms with E-state index in [2.05, 4.69) is 30.1 Å². The molecule has 74 heavy (non-hydrogen) atoms. The Balaban J connectivity index is 0.000000162. The van der Waals surface area contributed by atoms with Crippen LogP contribution >= 0.6 is 0 Å². The number of nitrogens with zero attached hydrogens (tertiary/aromatic N) is 11. The van der Waals surface area contributed by atoms with E-state index in [4.69, 9.17) is 23.7 Å². The van der Waals surface area contributed by atoms with Gasteiger partial charge in [0, 0.05) is 86.1 Å². The Labute approximate surface area is 429 Å². The number of ether oxygens (including phenoxy) is 5. The summed E-state index contributed by atoms with van der Waals surface area (Å²) in [4.78, 5) is 53.9. The van der Waals surface area contributed by atoms with Gasteiger partial charge in [-0.05, 0) is 111 Å². The number of pyridine rings is 3. The molecule has 0 amide bonds. The fraction of sp³-hybridized carbons (Fsp3) is 0.389. The molecule has 1 aliphatic rings. The third-order valence-electron chi connectivity index (χ3n) is 12.0. The molecule has 1 aliphatic heterocycles. The van der Waals surface area contributed by atoms with Gasteiger partial charge in [-0.3, -0.25) is 14.4 Å². The molecule has 8 aromatic heterocycles. The lowest BCUT2D eigenvalue weighted by molar-refractivity contribution is 0.0353. The van der Waals surface area contributed by atoms with Crippen LogP contribution in [0, 0.1) is 0 Å². The summed E-state index contributed by atoms with van der Waals surface area (Å²) in [6, 6.07) is 11.2. The first-order valence-corrected chi connectivity index (χ1v) is 24.3. The minimum Gasteiger partial charge on any atom is -0.480 e. The molecule has 390 valence electrons. The van der Waals surface area contributed by atoms with E-state index in [0.717, 1.165) is 61.0 Å². The van der Waals surface area contributed by atoms with E-state index in [1.807, 2.05) is 141 Å². The third-order valence-corrected chi connectivity index (χ3v) is 12.0. The number of aryl methyl sites for hydroxylation is 2. The zero-order chi connectivity index (χ0) is 53.9. The van der Waals surface area contributed by atoms with Crippen molar-refractivity contribution in [3.8, 4) is 40.2 Å². The highest BCUT2D eigenvalue weighted by Gasteiger charge is 2.28. The Morgan fingerprint density at radius 3 is 1.35 bits per heavy atom. The molecule has 0 aliphatic carbocycles. The molecule has 0 spiro atoms. The average molecular weight is 1010 g/mol. The molecule has 0 atom stereocenters. The van der Waals surface area contributed by atoms with Gasteiger partial charge in [-0.1, -0.05) is 0 Å². The molecule has 8 aromatic rings. The normalized spacial score (nSPS) is 12.0. The van der Waals surface area contributed by atoms with E-state index >= 15 is 0 Å². The van der Waals surface area contributed by atoms with E-state index in [1.54, 1.807) is 59.9 Å². The van der Waals surface area contributed by atoms with Crippen LogP contribution in [0.1, 0.15) is 136 Å². The number of carbonyl (C=O) groups is 3. The van der Waals surface area contributed by atoms with Gasteiger partial charge < -0.3 is 42.5 Å². The number of esters is 2. The van der Waals surface area contributed by atoms with Gasteiger partial charge in [0.15, 0.2) is 0 Å². The van der Waals surface area contributed by atoms with Gasteiger partial charge in [-0.2, -0.15) is 10.2 Å². The maximum atomic E-state index is 12.5. The van der Waals surface area contributed by atoms with Crippen molar-refractivity contribution in [2.45, 2.75) is 106 Å². The molecule has 0 fully saturated rings. The zero-order valence-electron chi connectivity index (χ0n) is 44.7. The number of rotatable bonds is 14. The first kappa shape index (κ1) is 53.5. The summed E-state index contributed by atoms with van der Waals surface area (Å²) in [5.74, 6) is -0.0983. The summed E-state index contributed by atoms with van der Waals surface area (Å²) in [6.45, 7) is 19.9. The fourth-order valence-electron chi connectivity index (χ4n) is 8.73. The topological polar surface area (TPSA) is 219 Å². The SMILES string of the molecule is COc1nccc2c1C(c1cc(C(=O)OC(C)C)n(C(C)C)c1)=NC2.COc1nccc2c1c(-c1cc(C(=O)O)n(C(C)C)c1)nn2C.COc1nccc2c1c(-c1cc(C(=O)OC(C)C)n(C(C)C)c1)nn2C. The lowest BCUT2D eigenvalue weighted by atomic mass is 10.0. The molecule has 1 N–H and O–H groups in total. The summed E-state index contributed by atoms with van der Waals surface area (Å²) < 4.78 is 36.0. The number of aliphatic imine (C=N–C) groups is 1. The number of aromatic nitrogens is 10. The average Bonchev–Trinajstić information content (AvgIpc) is 4.23. The smallest absolute Gasteiger partial charge is 0.355 e. The Morgan fingerprint density at radius 1 is 0.554 bits per heavy atom. The Kier molecular flexibility index (Phi) is 16.1. The maximum Gasteiger partial charge on any atom is 0.355 e. The predicted octanol–water partition coefficient (Wildman–Crippen LogP) is 9.70. The quantitative estimate of drug-likeness (QED) is 0.100. The number of carboxylic acids is 1. The molecular formula is C54H65N11O9. The van der Waals surface area contributed by atoms with Crippen LogP contribution in [0.4, 0.5) is 0 Å². The molecule has 0 bridgehead atoms. The predicted molar refractivity (Wildman–Crippen MR) is 281 cm³/mol. The molecule has 0 saturated carbocycles. The molecule has 20 nitrogen and oxygen atoms in total. The van der Waals surface area contributed by atoms with Gasteiger partial charge in [0.2, 0.25) is 17.6 Å². The van der Waals surface area contributed by atoms with Gasteiger partial charge in [0.1, 0.15) is 28.5 Å². The van der Waals surface area contributed by atoms with E-state index < -0.39 is 5.97 Å². The number of hydrogen-bond acceptors (Lipinski definition) is 14. The second kappa shape index (κ2) is 22.2. The molecule has 0 radical (unpaired) electrons. The lowest BCUT2D eigenvalue weighted by Gasteiger charge is -2.13. The van der Waals surface area contributed by atoms with Crippen LogP contribution in [0.3, 0.4) is 0 Å². The number of carbonyl (C=O) groups excluding carboxylic acids is 2. The number of fused-ring (bicyclic) bond motifs is 3. The minimum atomic E-state index is -0.963.